The van der Waals surface area contributed by atoms with E-state index in [0.29, 0.717) is 13.0 Å². The average Bonchev–Trinajstić information content (AvgIpc) is 2.99. The molecule has 3 aromatic rings. The maximum absolute atomic E-state index is 12.3. The van der Waals surface area contributed by atoms with Crippen LogP contribution in [-0.2, 0) is 11.3 Å². The zero-order valence-corrected chi connectivity index (χ0v) is 15.0. The van der Waals surface area contributed by atoms with E-state index >= 15 is 0 Å². The highest BCUT2D eigenvalue weighted by Gasteiger charge is 2.07. The number of amides is 1. The Morgan fingerprint density at radius 2 is 2.04 bits per heavy atom. The lowest BCUT2D eigenvalue weighted by molar-refractivity contribution is -0.111. The van der Waals surface area contributed by atoms with Crippen molar-refractivity contribution in [1.82, 2.24) is 4.57 Å². The van der Waals surface area contributed by atoms with E-state index in [1.807, 2.05) is 68.6 Å². The van der Waals surface area contributed by atoms with Gasteiger partial charge in [-0.15, -0.1) is 0 Å². The molecule has 0 saturated heterocycles. The molecule has 2 aromatic carbocycles. The molecule has 130 valence electrons. The van der Waals surface area contributed by atoms with E-state index < -0.39 is 0 Å². The molecule has 0 spiro atoms. The number of carbonyl (C=O) groups excluding carboxylic acids is 1. The number of carbonyl (C=O) groups is 1. The predicted octanol–water partition coefficient (Wildman–Crippen LogP) is 4.82. The van der Waals surface area contributed by atoms with Crippen molar-refractivity contribution in [2.24, 2.45) is 0 Å². The number of anilines is 1. The molecule has 26 heavy (non-hydrogen) atoms. The van der Waals surface area contributed by atoms with Gasteiger partial charge in [0.2, 0.25) is 5.91 Å². The molecule has 1 aromatic heterocycles. The molecule has 0 saturated carbocycles. The molecule has 4 heteroatoms. The summed E-state index contributed by atoms with van der Waals surface area (Å²) in [5.41, 5.74) is 5.06. The van der Waals surface area contributed by atoms with Crippen LogP contribution in [-0.4, -0.2) is 10.5 Å². The van der Waals surface area contributed by atoms with E-state index in [-0.39, 0.29) is 5.91 Å². The van der Waals surface area contributed by atoms with Crippen molar-refractivity contribution < 1.29 is 4.79 Å². The molecule has 0 aliphatic rings. The van der Waals surface area contributed by atoms with Gasteiger partial charge in [-0.2, -0.15) is 5.26 Å². The zero-order valence-electron chi connectivity index (χ0n) is 15.0. The van der Waals surface area contributed by atoms with Crippen LogP contribution in [0.15, 0.2) is 54.7 Å². The van der Waals surface area contributed by atoms with Crippen LogP contribution in [0.4, 0.5) is 5.69 Å². The van der Waals surface area contributed by atoms with E-state index in [9.17, 15) is 4.79 Å². The monoisotopic (exact) mass is 343 g/mol. The standard InChI is InChI=1S/C22H21N3O/c1-16-8-10-20(17(2)14-16)24-22(26)11-9-18-15-25(13-5-12-23)21-7-4-3-6-19(18)21/h3-4,6-11,14-15H,5,13H2,1-2H3,(H,24,26). The van der Waals surface area contributed by atoms with Crippen LogP contribution < -0.4 is 5.32 Å². The third-order valence-electron chi connectivity index (χ3n) is 4.34. The van der Waals surface area contributed by atoms with Crippen molar-refractivity contribution >= 4 is 28.6 Å². The number of nitriles is 1. The Morgan fingerprint density at radius 1 is 1.23 bits per heavy atom. The fraction of sp³-hybridized carbons (Fsp3) is 0.182. The highest BCUT2D eigenvalue weighted by Crippen LogP contribution is 2.23. The van der Waals surface area contributed by atoms with E-state index in [1.54, 1.807) is 6.08 Å². The highest BCUT2D eigenvalue weighted by atomic mass is 16.1. The number of nitrogens with one attached hydrogen (secondary N) is 1. The van der Waals surface area contributed by atoms with Gasteiger partial charge in [0.25, 0.3) is 0 Å². The van der Waals surface area contributed by atoms with Gasteiger partial charge in [0.05, 0.1) is 12.5 Å². The van der Waals surface area contributed by atoms with Gasteiger partial charge >= 0.3 is 0 Å². The summed E-state index contributed by atoms with van der Waals surface area (Å²) in [5, 5.41) is 12.8. The molecule has 0 unspecified atom stereocenters. The first-order valence-corrected chi connectivity index (χ1v) is 8.59. The average molecular weight is 343 g/mol. The molecule has 0 fully saturated rings. The van der Waals surface area contributed by atoms with Crippen LogP contribution in [0.2, 0.25) is 0 Å². The van der Waals surface area contributed by atoms with Gasteiger partial charge in [-0.05, 0) is 37.6 Å². The minimum Gasteiger partial charge on any atom is -0.346 e. The quantitative estimate of drug-likeness (QED) is 0.675. The Morgan fingerprint density at radius 3 is 2.81 bits per heavy atom. The summed E-state index contributed by atoms with van der Waals surface area (Å²) in [5.74, 6) is -0.161. The number of para-hydroxylation sites is 1. The van der Waals surface area contributed by atoms with E-state index in [1.165, 1.54) is 5.56 Å². The number of fused-ring (bicyclic) bond motifs is 1. The van der Waals surface area contributed by atoms with Crippen molar-refractivity contribution in [3.8, 4) is 6.07 Å². The third-order valence-corrected chi connectivity index (χ3v) is 4.34. The second kappa shape index (κ2) is 7.71. The van der Waals surface area contributed by atoms with Gasteiger partial charge in [0, 0.05) is 41.0 Å². The first kappa shape index (κ1) is 17.5. The Kier molecular flexibility index (Phi) is 5.19. The maximum Gasteiger partial charge on any atom is 0.248 e. The van der Waals surface area contributed by atoms with Gasteiger partial charge in [-0.3, -0.25) is 4.79 Å². The van der Waals surface area contributed by atoms with Gasteiger partial charge in [-0.25, -0.2) is 0 Å². The summed E-state index contributed by atoms with van der Waals surface area (Å²) in [6.07, 6.45) is 5.82. The summed E-state index contributed by atoms with van der Waals surface area (Å²) in [6.45, 7) is 4.65. The highest BCUT2D eigenvalue weighted by molar-refractivity contribution is 6.03. The van der Waals surface area contributed by atoms with Gasteiger partial charge in [0.1, 0.15) is 0 Å². The van der Waals surface area contributed by atoms with Crippen LogP contribution >= 0.6 is 0 Å². The van der Waals surface area contributed by atoms with E-state index in [2.05, 4.69) is 16.0 Å². The number of aryl methyl sites for hydroxylation is 3. The molecular formula is C22H21N3O. The van der Waals surface area contributed by atoms with Crippen LogP contribution in [0, 0.1) is 25.2 Å². The molecule has 0 bridgehead atoms. The smallest absolute Gasteiger partial charge is 0.248 e. The predicted molar refractivity (Wildman–Crippen MR) is 106 cm³/mol. The molecule has 0 aliphatic heterocycles. The summed E-state index contributed by atoms with van der Waals surface area (Å²) >= 11 is 0. The van der Waals surface area contributed by atoms with Crippen molar-refractivity contribution in [1.29, 1.82) is 5.26 Å². The fourth-order valence-electron chi connectivity index (χ4n) is 3.06. The van der Waals surface area contributed by atoms with E-state index in [4.69, 9.17) is 5.26 Å². The number of hydrogen-bond donors (Lipinski definition) is 1. The molecule has 1 amide bonds. The molecule has 4 nitrogen and oxygen atoms in total. The number of benzene rings is 2. The summed E-state index contributed by atoms with van der Waals surface area (Å²) in [6, 6.07) is 16.1. The van der Waals surface area contributed by atoms with E-state index in [0.717, 1.165) is 27.7 Å². The first-order valence-electron chi connectivity index (χ1n) is 8.59. The van der Waals surface area contributed by atoms with Gasteiger partial charge < -0.3 is 9.88 Å². The largest absolute Gasteiger partial charge is 0.346 e. The van der Waals surface area contributed by atoms with Crippen LogP contribution in [0.1, 0.15) is 23.1 Å². The lowest BCUT2D eigenvalue weighted by Crippen LogP contribution is -2.08. The molecule has 1 N–H and O–H groups in total. The summed E-state index contributed by atoms with van der Waals surface area (Å²) < 4.78 is 2.06. The lowest BCUT2D eigenvalue weighted by atomic mass is 10.1. The van der Waals surface area contributed by atoms with Gasteiger partial charge in [-0.1, -0.05) is 35.9 Å². The topological polar surface area (TPSA) is 57.8 Å². The lowest BCUT2D eigenvalue weighted by Gasteiger charge is -2.06. The Balaban J connectivity index is 1.81. The normalized spacial score (nSPS) is 11.0. The van der Waals surface area contributed by atoms with Crippen molar-refractivity contribution in [2.75, 3.05) is 5.32 Å². The summed E-state index contributed by atoms with van der Waals surface area (Å²) in [7, 11) is 0. The molecule has 1 heterocycles. The molecule has 0 atom stereocenters. The molecule has 3 rings (SSSR count). The Bertz CT molecular complexity index is 1020. The second-order valence-electron chi connectivity index (χ2n) is 6.34. The summed E-state index contributed by atoms with van der Waals surface area (Å²) in [4.78, 5) is 12.3. The number of nitrogens with zero attached hydrogens (tertiary/aromatic N) is 2. The Hall–Kier alpha value is -3.32. The van der Waals surface area contributed by atoms with Crippen LogP contribution in [0.25, 0.3) is 17.0 Å². The van der Waals surface area contributed by atoms with Gasteiger partial charge in [0.15, 0.2) is 0 Å². The SMILES string of the molecule is Cc1ccc(NC(=O)C=Cc2cn(CCC#N)c3ccccc23)c(C)c1. The first-order chi connectivity index (χ1) is 12.6. The number of rotatable bonds is 5. The van der Waals surface area contributed by atoms with Crippen molar-refractivity contribution in [3.05, 3.63) is 71.4 Å². The van der Waals surface area contributed by atoms with Crippen molar-refractivity contribution in [3.63, 3.8) is 0 Å². The number of aromatic nitrogens is 1. The molecule has 0 radical (unpaired) electrons. The van der Waals surface area contributed by atoms with Crippen LogP contribution in [0.3, 0.4) is 0 Å². The molecule has 0 aliphatic carbocycles. The fourth-order valence-corrected chi connectivity index (χ4v) is 3.06. The van der Waals surface area contributed by atoms with Crippen LogP contribution in [0.5, 0.6) is 0 Å². The maximum atomic E-state index is 12.3. The Labute approximate surface area is 153 Å². The zero-order chi connectivity index (χ0) is 18.5. The third kappa shape index (κ3) is 3.84. The second-order valence-corrected chi connectivity index (χ2v) is 6.34. The minimum absolute atomic E-state index is 0.161. The minimum atomic E-state index is -0.161. The molecular weight excluding hydrogens is 322 g/mol. The number of hydrogen-bond acceptors (Lipinski definition) is 2. The van der Waals surface area contributed by atoms with Crippen molar-refractivity contribution in [2.45, 2.75) is 26.8 Å².